The van der Waals surface area contributed by atoms with E-state index in [1.807, 2.05) is 6.92 Å². The Labute approximate surface area is 139 Å². The topological polar surface area (TPSA) is 41.9 Å². The van der Waals surface area contributed by atoms with E-state index >= 15 is 0 Å². The van der Waals surface area contributed by atoms with E-state index in [0.29, 0.717) is 0 Å². The highest BCUT2D eigenvalue weighted by Gasteiger charge is 2.51. The molecule has 0 spiro atoms. The molecule has 0 saturated carbocycles. The molecule has 0 bridgehead atoms. The van der Waals surface area contributed by atoms with Crippen LogP contribution in [0.1, 0.15) is 46.6 Å². The van der Waals surface area contributed by atoms with Crippen molar-refractivity contribution in [3.8, 4) is 0 Å². The average Bonchev–Trinajstić information content (AvgIpc) is 2.87. The van der Waals surface area contributed by atoms with E-state index in [1.165, 1.54) is 5.56 Å². The minimum atomic E-state index is -0.539. The predicted molar refractivity (Wildman–Crippen MR) is 92.7 cm³/mol. The van der Waals surface area contributed by atoms with Crippen molar-refractivity contribution >= 4 is 12.6 Å². The minimum absolute atomic E-state index is 0.304. The molecular weight excluding hydrogens is 289 g/mol. The van der Waals surface area contributed by atoms with E-state index < -0.39 is 5.60 Å². The molecule has 2 aliphatic heterocycles. The Hall–Kier alpha value is -0.875. The van der Waals surface area contributed by atoms with Crippen LogP contribution in [0.4, 0.5) is 0 Å². The number of β-amino-alcohol motifs (C(OH)–C–C–N with tert-alkyl or cyclic N) is 1. The summed E-state index contributed by atoms with van der Waals surface area (Å²) in [6.45, 7) is 12.8. The minimum Gasteiger partial charge on any atom is -0.399 e. The van der Waals surface area contributed by atoms with Crippen LogP contribution in [0.2, 0.25) is 0 Å². The van der Waals surface area contributed by atoms with Crippen LogP contribution in [0.15, 0.2) is 24.3 Å². The molecule has 1 N–H and O–H groups in total. The first-order valence-corrected chi connectivity index (χ1v) is 8.47. The molecule has 2 aliphatic rings. The Morgan fingerprint density at radius 1 is 1.04 bits per heavy atom. The summed E-state index contributed by atoms with van der Waals surface area (Å²) in [6, 6.07) is 8.44. The molecule has 2 saturated heterocycles. The van der Waals surface area contributed by atoms with Gasteiger partial charge in [0, 0.05) is 19.6 Å². The number of rotatable bonds is 3. The highest BCUT2D eigenvalue weighted by molar-refractivity contribution is 6.62. The molecule has 0 radical (unpaired) electrons. The van der Waals surface area contributed by atoms with Gasteiger partial charge >= 0.3 is 7.12 Å². The van der Waals surface area contributed by atoms with Gasteiger partial charge in [-0.25, -0.2) is 0 Å². The molecule has 2 heterocycles. The van der Waals surface area contributed by atoms with Crippen molar-refractivity contribution in [2.24, 2.45) is 0 Å². The van der Waals surface area contributed by atoms with E-state index in [0.717, 1.165) is 31.5 Å². The maximum Gasteiger partial charge on any atom is 0.494 e. The lowest BCUT2D eigenvalue weighted by Crippen LogP contribution is -2.41. The lowest BCUT2D eigenvalue weighted by atomic mass is 9.79. The Bertz CT molecular complexity index is 552. The zero-order chi connectivity index (χ0) is 16.9. The first-order chi connectivity index (χ1) is 10.6. The molecule has 2 fully saturated rings. The van der Waals surface area contributed by atoms with Crippen LogP contribution in [0.3, 0.4) is 0 Å². The van der Waals surface area contributed by atoms with Gasteiger partial charge in [0.1, 0.15) is 0 Å². The average molecular weight is 317 g/mol. The van der Waals surface area contributed by atoms with E-state index in [2.05, 4.69) is 56.9 Å². The summed E-state index contributed by atoms with van der Waals surface area (Å²) in [5.41, 5.74) is 1.15. The molecule has 3 rings (SSSR count). The van der Waals surface area contributed by atoms with Gasteiger partial charge in [-0.2, -0.15) is 0 Å². The molecule has 0 aromatic heterocycles. The van der Waals surface area contributed by atoms with Crippen molar-refractivity contribution in [3.05, 3.63) is 29.8 Å². The molecule has 0 aliphatic carbocycles. The number of benzene rings is 1. The standard InChI is InChI=1S/C18H28BNO3/c1-16(2)17(3,4)23-19(22-16)15-8-6-14(7-9-15)12-20-11-10-18(5,21)13-20/h6-9,21H,10-13H2,1-5H3/t18-/m0/s1. The highest BCUT2D eigenvalue weighted by Crippen LogP contribution is 2.36. The molecule has 1 atom stereocenters. The fourth-order valence-corrected chi connectivity index (χ4v) is 3.19. The van der Waals surface area contributed by atoms with Gasteiger partial charge in [-0.1, -0.05) is 24.3 Å². The van der Waals surface area contributed by atoms with Crippen LogP contribution in [0.25, 0.3) is 0 Å². The third-order valence-electron chi connectivity index (χ3n) is 5.44. The molecule has 1 aromatic carbocycles. The maximum absolute atomic E-state index is 10.1. The predicted octanol–water partition coefficient (Wildman–Crippen LogP) is 1.94. The summed E-state index contributed by atoms with van der Waals surface area (Å²) < 4.78 is 12.2. The lowest BCUT2D eigenvalue weighted by Gasteiger charge is -2.32. The van der Waals surface area contributed by atoms with Gasteiger partial charge in [-0.15, -0.1) is 0 Å². The van der Waals surface area contributed by atoms with Crippen molar-refractivity contribution in [1.29, 1.82) is 0 Å². The second kappa shape index (κ2) is 5.59. The van der Waals surface area contributed by atoms with Gasteiger partial charge in [-0.3, -0.25) is 4.90 Å². The molecular formula is C18H28BNO3. The Morgan fingerprint density at radius 2 is 1.61 bits per heavy atom. The first-order valence-electron chi connectivity index (χ1n) is 8.47. The highest BCUT2D eigenvalue weighted by atomic mass is 16.7. The molecule has 126 valence electrons. The van der Waals surface area contributed by atoms with Crippen molar-refractivity contribution in [2.45, 2.75) is 64.4 Å². The molecule has 4 nitrogen and oxygen atoms in total. The van der Waals surface area contributed by atoms with Crippen molar-refractivity contribution in [1.82, 2.24) is 4.90 Å². The van der Waals surface area contributed by atoms with Crippen LogP contribution in [-0.2, 0) is 15.9 Å². The van der Waals surface area contributed by atoms with Gasteiger partial charge in [-0.05, 0) is 52.1 Å². The number of hydrogen-bond acceptors (Lipinski definition) is 4. The van der Waals surface area contributed by atoms with Gasteiger partial charge in [0.05, 0.1) is 16.8 Å². The largest absolute Gasteiger partial charge is 0.494 e. The van der Waals surface area contributed by atoms with Crippen molar-refractivity contribution in [2.75, 3.05) is 13.1 Å². The molecule has 23 heavy (non-hydrogen) atoms. The van der Waals surface area contributed by atoms with Gasteiger partial charge < -0.3 is 14.4 Å². The Kier molecular flexibility index (Phi) is 4.12. The number of likely N-dealkylation sites (tertiary alicyclic amines) is 1. The van der Waals surface area contributed by atoms with Gasteiger partial charge in [0.15, 0.2) is 0 Å². The Balaban J connectivity index is 1.64. The number of aliphatic hydroxyl groups is 1. The third kappa shape index (κ3) is 3.48. The zero-order valence-corrected chi connectivity index (χ0v) is 14.9. The van der Waals surface area contributed by atoms with E-state index in [-0.39, 0.29) is 18.3 Å². The number of nitrogens with zero attached hydrogens (tertiary/aromatic N) is 1. The summed E-state index contributed by atoms with van der Waals surface area (Å²) in [5, 5.41) is 10.1. The summed E-state index contributed by atoms with van der Waals surface area (Å²) in [4.78, 5) is 2.30. The fourth-order valence-electron chi connectivity index (χ4n) is 3.19. The summed E-state index contributed by atoms with van der Waals surface area (Å²) in [5.74, 6) is 0. The van der Waals surface area contributed by atoms with Crippen LogP contribution in [0.5, 0.6) is 0 Å². The number of hydrogen-bond donors (Lipinski definition) is 1. The zero-order valence-electron chi connectivity index (χ0n) is 14.9. The maximum atomic E-state index is 10.1. The van der Waals surface area contributed by atoms with Gasteiger partial charge in [0.25, 0.3) is 0 Å². The van der Waals surface area contributed by atoms with Crippen LogP contribution >= 0.6 is 0 Å². The van der Waals surface area contributed by atoms with Crippen molar-refractivity contribution < 1.29 is 14.4 Å². The van der Waals surface area contributed by atoms with Crippen LogP contribution in [0, 0.1) is 0 Å². The molecule has 0 unspecified atom stereocenters. The van der Waals surface area contributed by atoms with E-state index in [4.69, 9.17) is 9.31 Å². The second-order valence-electron chi connectivity index (χ2n) is 8.29. The first kappa shape index (κ1) is 17.0. The van der Waals surface area contributed by atoms with Gasteiger partial charge in [0.2, 0.25) is 0 Å². The molecule has 1 aromatic rings. The smallest absolute Gasteiger partial charge is 0.399 e. The molecule has 0 amide bonds. The SMILES string of the molecule is CC1(C)OB(c2ccc(CN3CC[C@](C)(O)C3)cc2)OC1(C)C. The summed E-state index contributed by atoms with van der Waals surface area (Å²) in [6.07, 6.45) is 0.846. The Morgan fingerprint density at radius 3 is 2.09 bits per heavy atom. The van der Waals surface area contributed by atoms with E-state index in [1.54, 1.807) is 0 Å². The summed E-state index contributed by atoms with van der Waals surface area (Å²) in [7, 11) is -0.304. The third-order valence-corrected chi connectivity index (χ3v) is 5.44. The summed E-state index contributed by atoms with van der Waals surface area (Å²) >= 11 is 0. The monoisotopic (exact) mass is 317 g/mol. The quantitative estimate of drug-likeness (QED) is 0.865. The van der Waals surface area contributed by atoms with Crippen molar-refractivity contribution in [3.63, 3.8) is 0 Å². The van der Waals surface area contributed by atoms with Crippen LogP contribution < -0.4 is 5.46 Å². The normalized spacial score (nSPS) is 30.1. The van der Waals surface area contributed by atoms with Crippen LogP contribution in [-0.4, -0.2) is 47.0 Å². The lowest BCUT2D eigenvalue weighted by molar-refractivity contribution is 0.00578. The van der Waals surface area contributed by atoms with E-state index in [9.17, 15) is 5.11 Å². The second-order valence-corrected chi connectivity index (χ2v) is 8.29. The molecule has 5 heteroatoms. The fraction of sp³-hybridized carbons (Fsp3) is 0.667.